The maximum Gasteiger partial charge on any atom is 0.246 e. The van der Waals surface area contributed by atoms with Gasteiger partial charge in [0.25, 0.3) is 0 Å². The number of para-hydroxylation sites is 1. The Labute approximate surface area is 252 Å². The van der Waals surface area contributed by atoms with Gasteiger partial charge in [-0.3, -0.25) is 14.4 Å². The molecule has 44 heavy (non-hydrogen) atoms. The molecule has 2 fully saturated rings. The summed E-state index contributed by atoms with van der Waals surface area (Å²) in [4.78, 5) is 43.6. The van der Waals surface area contributed by atoms with Crippen LogP contribution in [-0.4, -0.2) is 54.1 Å². The molecule has 0 saturated carbocycles. The highest BCUT2D eigenvalue weighted by molar-refractivity contribution is 6.03. The van der Waals surface area contributed by atoms with Crippen molar-refractivity contribution in [2.45, 2.75) is 37.3 Å². The van der Waals surface area contributed by atoms with E-state index in [-0.39, 0.29) is 13.1 Å². The second-order valence-corrected chi connectivity index (χ2v) is 11.3. The number of nitrogens with zero attached hydrogens (tertiary/aromatic N) is 1. The van der Waals surface area contributed by atoms with Gasteiger partial charge < -0.3 is 29.7 Å². The summed E-state index contributed by atoms with van der Waals surface area (Å²) >= 11 is 0. The lowest BCUT2D eigenvalue weighted by Crippen LogP contribution is -2.54. The molecular weight excluding hydrogens is 572 g/mol. The van der Waals surface area contributed by atoms with Gasteiger partial charge in [0.1, 0.15) is 40.5 Å². The van der Waals surface area contributed by atoms with Gasteiger partial charge >= 0.3 is 0 Å². The number of anilines is 1. The molecule has 0 radical (unpaired) electrons. The monoisotopic (exact) mass is 603 g/mol. The molecule has 3 aromatic carbocycles. The van der Waals surface area contributed by atoms with E-state index in [1.807, 2.05) is 30.3 Å². The molecule has 0 aliphatic carbocycles. The number of benzene rings is 3. The number of fused-ring (bicyclic) bond motifs is 1. The molecule has 2 bridgehead atoms. The highest BCUT2D eigenvalue weighted by Gasteiger charge is 2.76. The topological polar surface area (TPSA) is 106 Å². The molecule has 3 heterocycles. The maximum absolute atomic E-state index is 14.5. The van der Waals surface area contributed by atoms with E-state index < -0.39 is 64.1 Å². The predicted octanol–water partition coefficient (Wildman–Crippen LogP) is 3.98. The van der Waals surface area contributed by atoms with Gasteiger partial charge in [-0.25, -0.2) is 8.78 Å². The third-order valence-corrected chi connectivity index (χ3v) is 8.68. The average Bonchev–Trinajstić information content (AvgIpc) is 3.58. The van der Waals surface area contributed by atoms with Crippen LogP contribution in [-0.2, 0) is 32.2 Å². The number of hydrogen-bond donors (Lipinski definition) is 2. The van der Waals surface area contributed by atoms with Crippen molar-refractivity contribution in [2.24, 2.45) is 11.8 Å². The van der Waals surface area contributed by atoms with E-state index in [0.717, 1.165) is 17.7 Å². The molecule has 3 amide bonds. The van der Waals surface area contributed by atoms with E-state index in [1.54, 1.807) is 37.3 Å². The molecule has 11 heteroatoms. The van der Waals surface area contributed by atoms with Crippen molar-refractivity contribution in [2.75, 3.05) is 19.5 Å². The summed E-state index contributed by atoms with van der Waals surface area (Å²) in [5.41, 5.74) is -2.04. The first-order valence-electron chi connectivity index (χ1n) is 14.1. The van der Waals surface area contributed by atoms with Gasteiger partial charge in [0.2, 0.25) is 17.7 Å². The first kappa shape index (κ1) is 29.3. The van der Waals surface area contributed by atoms with Crippen LogP contribution >= 0.6 is 0 Å². The molecule has 2 N–H and O–H groups in total. The largest absolute Gasteiger partial charge is 0.497 e. The summed E-state index contributed by atoms with van der Waals surface area (Å²) in [6.07, 6.45) is 3.31. The van der Waals surface area contributed by atoms with E-state index in [0.29, 0.717) is 17.1 Å². The molecule has 3 aliphatic heterocycles. The molecule has 1 spiro atoms. The molecule has 9 nitrogen and oxygen atoms in total. The van der Waals surface area contributed by atoms with Crippen LogP contribution in [0.15, 0.2) is 78.9 Å². The number of ether oxygens (including phenoxy) is 3. The van der Waals surface area contributed by atoms with Gasteiger partial charge in [-0.2, -0.15) is 0 Å². The normalized spacial score (nSPS) is 26.4. The third-order valence-electron chi connectivity index (χ3n) is 8.68. The van der Waals surface area contributed by atoms with Gasteiger partial charge in [0.15, 0.2) is 0 Å². The Bertz CT molecular complexity index is 1650. The lowest BCUT2D eigenvalue weighted by atomic mass is 9.70. The number of carbonyl (C=O) groups excluding carboxylic acids is 3. The number of hydrogen-bond acceptors (Lipinski definition) is 6. The highest BCUT2D eigenvalue weighted by Crippen LogP contribution is 2.60. The quantitative estimate of drug-likeness (QED) is 0.359. The fourth-order valence-corrected chi connectivity index (χ4v) is 6.69. The van der Waals surface area contributed by atoms with Crippen molar-refractivity contribution in [1.29, 1.82) is 0 Å². The van der Waals surface area contributed by atoms with E-state index in [4.69, 9.17) is 14.2 Å². The molecule has 228 valence electrons. The molecule has 3 aliphatic rings. The number of amides is 3. The van der Waals surface area contributed by atoms with Crippen LogP contribution in [0.2, 0.25) is 0 Å². The summed E-state index contributed by atoms with van der Waals surface area (Å²) in [5.74, 6) is -5.08. The molecule has 5 atom stereocenters. The lowest BCUT2D eigenvalue weighted by molar-refractivity contribution is -0.144. The molecular formula is C33H31F2N3O6. The Kier molecular flexibility index (Phi) is 7.36. The summed E-state index contributed by atoms with van der Waals surface area (Å²) < 4.78 is 46.4. The molecule has 0 aromatic heterocycles. The average molecular weight is 604 g/mol. The molecule has 3 aromatic rings. The summed E-state index contributed by atoms with van der Waals surface area (Å²) in [6.45, 7) is 1.75. The highest BCUT2D eigenvalue weighted by atomic mass is 19.1. The van der Waals surface area contributed by atoms with E-state index in [9.17, 15) is 23.2 Å². The second-order valence-electron chi connectivity index (χ2n) is 11.3. The van der Waals surface area contributed by atoms with Crippen LogP contribution in [0.3, 0.4) is 0 Å². The summed E-state index contributed by atoms with van der Waals surface area (Å²) in [5, 5.41) is 5.27. The van der Waals surface area contributed by atoms with Crippen LogP contribution < -0.4 is 20.1 Å². The van der Waals surface area contributed by atoms with Crippen LogP contribution in [0.5, 0.6) is 11.5 Å². The first-order chi connectivity index (χ1) is 21.1. The maximum atomic E-state index is 14.5. The van der Waals surface area contributed by atoms with Gasteiger partial charge in [-0.05, 0) is 42.8 Å². The Hall–Kier alpha value is -4.77. The fourth-order valence-electron chi connectivity index (χ4n) is 6.69. The minimum atomic E-state index is -1.52. The van der Waals surface area contributed by atoms with Gasteiger partial charge in [0.05, 0.1) is 38.2 Å². The van der Waals surface area contributed by atoms with Crippen molar-refractivity contribution in [3.8, 4) is 11.5 Å². The number of likely N-dealkylation sites (tertiary alicyclic amines) is 1. The minimum absolute atomic E-state index is 0.0644. The van der Waals surface area contributed by atoms with E-state index in [1.165, 1.54) is 25.2 Å². The molecule has 6 rings (SSSR count). The van der Waals surface area contributed by atoms with Crippen LogP contribution in [0.1, 0.15) is 18.1 Å². The zero-order chi connectivity index (χ0) is 31.2. The number of rotatable bonds is 9. The van der Waals surface area contributed by atoms with Crippen molar-refractivity contribution in [1.82, 2.24) is 10.2 Å². The smallest absolute Gasteiger partial charge is 0.246 e. The first-order valence-corrected chi connectivity index (χ1v) is 14.1. The number of methoxy groups -OCH3 is 2. The van der Waals surface area contributed by atoms with Crippen molar-refractivity contribution < 1.29 is 37.4 Å². The van der Waals surface area contributed by atoms with Gasteiger partial charge in [-0.15, -0.1) is 0 Å². The Morgan fingerprint density at radius 1 is 0.955 bits per heavy atom. The van der Waals surface area contributed by atoms with Crippen molar-refractivity contribution in [3.63, 3.8) is 0 Å². The van der Waals surface area contributed by atoms with Crippen molar-refractivity contribution >= 4 is 23.4 Å². The lowest BCUT2D eigenvalue weighted by Gasteiger charge is -2.33. The number of halogens is 2. The second kappa shape index (κ2) is 11.1. The zero-order valence-electron chi connectivity index (χ0n) is 24.3. The Morgan fingerprint density at radius 2 is 1.68 bits per heavy atom. The summed E-state index contributed by atoms with van der Waals surface area (Å²) in [7, 11) is 3.00. The molecule has 0 unspecified atom stereocenters. The van der Waals surface area contributed by atoms with Crippen molar-refractivity contribution in [3.05, 3.63) is 102 Å². The standard InChI is InChI=1S/C33H31F2N3O6/c1-32-14-15-33(44-32)26(25(32)29(39)37-27-22(34)10-7-11-23(27)35)31(41)38(18-20-16-21(42-2)12-13-24(20)43-3)28(33)30(40)36-17-19-8-5-4-6-9-19/h4-16,25-26,28H,17-18H2,1-3H3,(H,36,40)(H,37,39)/t25-,26+,28-,32-,33+/m1/s1. The Morgan fingerprint density at radius 3 is 2.36 bits per heavy atom. The van der Waals surface area contributed by atoms with E-state index in [2.05, 4.69) is 10.6 Å². The third kappa shape index (κ3) is 4.68. The zero-order valence-corrected chi connectivity index (χ0v) is 24.3. The Balaban J connectivity index is 1.39. The molecule has 2 saturated heterocycles. The SMILES string of the molecule is COc1ccc(OC)c(CN2C(=O)[C@@H]3[C@H](C(=O)Nc4c(F)cccc4F)[C@@]4(C)C=C[C@@]3(O4)[C@H]2C(=O)NCc2ccccc2)c1. The van der Waals surface area contributed by atoms with Gasteiger partial charge in [-0.1, -0.05) is 48.6 Å². The number of nitrogens with one attached hydrogen (secondary N) is 2. The van der Waals surface area contributed by atoms with Gasteiger partial charge in [0, 0.05) is 12.1 Å². The predicted molar refractivity (Wildman–Crippen MR) is 156 cm³/mol. The van der Waals surface area contributed by atoms with Crippen LogP contribution in [0.25, 0.3) is 0 Å². The minimum Gasteiger partial charge on any atom is -0.497 e. The van der Waals surface area contributed by atoms with Crippen LogP contribution in [0, 0.1) is 23.5 Å². The van der Waals surface area contributed by atoms with Crippen LogP contribution in [0.4, 0.5) is 14.5 Å². The van der Waals surface area contributed by atoms with E-state index >= 15 is 0 Å². The summed E-state index contributed by atoms with van der Waals surface area (Å²) in [6, 6.07) is 16.5. The number of carbonyl (C=O) groups is 3. The fraction of sp³-hybridized carbons (Fsp3) is 0.303.